The fraction of sp³-hybridized carbons (Fsp3) is 0.462. The van der Waals surface area contributed by atoms with Crippen molar-refractivity contribution in [3.05, 3.63) is 54.1 Å². The van der Waals surface area contributed by atoms with Gasteiger partial charge >= 0.3 is 0 Å². The first-order valence-electron chi connectivity index (χ1n) is 11.5. The topological polar surface area (TPSA) is 34.0 Å². The average Bonchev–Trinajstić information content (AvgIpc) is 3.18. The fourth-order valence-corrected chi connectivity index (χ4v) is 3.08. The number of nitrogens with zero attached hydrogens (tertiary/aromatic N) is 4. The minimum Gasteiger partial charge on any atom is -0.370 e. The van der Waals surface area contributed by atoms with Crippen LogP contribution in [-0.2, 0) is 13.6 Å². The van der Waals surface area contributed by atoms with Gasteiger partial charge in [0, 0.05) is 37.5 Å². The molecule has 1 aliphatic rings. The van der Waals surface area contributed by atoms with E-state index in [1.54, 1.807) is 0 Å². The Kier molecular flexibility index (Phi) is 13.9. The minimum atomic E-state index is 0.864. The molecular formula is C26H42N4. The number of rotatable bonds is 0. The van der Waals surface area contributed by atoms with Crippen LogP contribution in [0.3, 0.4) is 0 Å². The van der Waals surface area contributed by atoms with Crippen LogP contribution in [0, 0.1) is 0 Å². The highest BCUT2D eigenvalue weighted by Crippen LogP contribution is 2.39. The Morgan fingerprint density at radius 3 is 1.87 bits per heavy atom. The van der Waals surface area contributed by atoms with Crippen molar-refractivity contribution in [1.82, 2.24) is 15.0 Å². The van der Waals surface area contributed by atoms with Crippen molar-refractivity contribution in [2.75, 3.05) is 11.9 Å². The molecule has 0 saturated carbocycles. The summed E-state index contributed by atoms with van der Waals surface area (Å²) in [5, 5.41) is 8.67. The normalized spacial score (nSPS) is 10.3. The Hall–Kier alpha value is -2.62. The molecule has 0 spiro atoms. The van der Waals surface area contributed by atoms with Gasteiger partial charge in [0.05, 0.1) is 5.69 Å². The van der Waals surface area contributed by atoms with Crippen LogP contribution in [0.15, 0.2) is 48.5 Å². The number of aryl methyl sites for hydroxylation is 1. The second-order valence-electron chi connectivity index (χ2n) is 6.15. The molecular weight excluding hydrogens is 368 g/mol. The molecule has 0 N–H and O–H groups in total. The zero-order valence-electron chi connectivity index (χ0n) is 20.8. The summed E-state index contributed by atoms with van der Waals surface area (Å²) in [6.45, 7) is 17.1. The molecule has 166 valence electrons. The predicted octanol–water partition coefficient (Wildman–Crippen LogP) is 7.59. The smallest absolute Gasteiger partial charge is 0.121 e. The number of para-hydroxylation sites is 1. The first kappa shape index (κ1) is 27.4. The zero-order valence-corrected chi connectivity index (χ0v) is 20.8. The summed E-state index contributed by atoms with van der Waals surface area (Å²) in [5.74, 6) is 0. The second kappa shape index (κ2) is 15.3. The lowest BCUT2D eigenvalue weighted by molar-refractivity contribution is 0.721. The maximum atomic E-state index is 4.42. The van der Waals surface area contributed by atoms with E-state index in [0.717, 1.165) is 17.9 Å². The summed E-state index contributed by atoms with van der Waals surface area (Å²) in [4.78, 5) is 2.28. The Balaban J connectivity index is 0.000000826. The van der Waals surface area contributed by atoms with E-state index >= 15 is 0 Å². The monoisotopic (exact) mass is 410 g/mol. The largest absolute Gasteiger partial charge is 0.370 e. The third-order valence-electron chi connectivity index (χ3n) is 4.08. The van der Waals surface area contributed by atoms with Crippen molar-refractivity contribution in [2.24, 2.45) is 7.05 Å². The molecule has 0 fully saturated rings. The Morgan fingerprint density at radius 2 is 1.27 bits per heavy atom. The highest BCUT2D eigenvalue weighted by molar-refractivity contribution is 5.87. The van der Waals surface area contributed by atoms with Crippen molar-refractivity contribution in [3.8, 4) is 22.5 Å². The summed E-state index contributed by atoms with van der Waals surface area (Å²) in [6, 6.07) is 16.9. The molecule has 0 aliphatic carbocycles. The van der Waals surface area contributed by atoms with Crippen molar-refractivity contribution < 1.29 is 0 Å². The van der Waals surface area contributed by atoms with E-state index in [4.69, 9.17) is 0 Å². The van der Waals surface area contributed by atoms with Gasteiger partial charge in [0.1, 0.15) is 5.69 Å². The van der Waals surface area contributed by atoms with Crippen LogP contribution < -0.4 is 4.90 Å². The zero-order chi connectivity index (χ0) is 23.1. The van der Waals surface area contributed by atoms with Crippen molar-refractivity contribution in [2.45, 2.75) is 68.4 Å². The number of fused-ring (bicyclic) bond motifs is 5. The molecule has 0 unspecified atom stereocenters. The van der Waals surface area contributed by atoms with Crippen molar-refractivity contribution >= 4 is 5.69 Å². The van der Waals surface area contributed by atoms with Gasteiger partial charge in [-0.25, -0.2) is 4.68 Å². The molecule has 2 heterocycles. The predicted molar refractivity (Wildman–Crippen MR) is 134 cm³/mol. The maximum Gasteiger partial charge on any atom is 0.121 e. The standard InChI is InChI=1S/C17H16N4.C3H8.3C2H6/c1-20-11-12-7-3-4-8-13(12)16-17(21(2)19-18-16)14-9-5-6-10-15(14)20;1-3-2;3*1-2/h3-10H,11H2,1-2H3;3H2,1-2H3;3*1-2H3. The number of benzene rings is 2. The summed E-state index contributed by atoms with van der Waals surface area (Å²) in [5.41, 5.74) is 6.87. The van der Waals surface area contributed by atoms with Gasteiger partial charge in [-0.3, -0.25) is 0 Å². The van der Waals surface area contributed by atoms with Crippen LogP contribution >= 0.6 is 0 Å². The van der Waals surface area contributed by atoms with Gasteiger partial charge in [0.2, 0.25) is 0 Å². The van der Waals surface area contributed by atoms with E-state index < -0.39 is 0 Å². The van der Waals surface area contributed by atoms with Crippen LogP contribution in [0.1, 0.15) is 67.4 Å². The van der Waals surface area contributed by atoms with Gasteiger partial charge in [-0.05, 0) is 11.6 Å². The Bertz CT molecular complexity index is 837. The minimum absolute atomic E-state index is 0.864. The first-order valence-corrected chi connectivity index (χ1v) is 11.5. The molecule has 4 rings (SSSR count). The quantitative estimate of drug-likeness (QED) is 0.383. The Morgan fingerprint density at radius 1 is 0.767 bits per heavy atom. The summed E-state index contributed by atoms with van der Waals surface area (Å²) in [6.07, 6.45) is 1.25. The molecule has 1 aliphatic heterocycles. The lowest BCUT2D eigenvalue weighted by Crippen LogP contribution is -2.19. The second-order valence-corrected chi connectivity index (χ2v) is 6.15. The van der Waals surface area contributed by atoms with Crippen LogP contribution in [0.5, 0.6) is 0 Å². The van der Waals surface area contributed by atoms with E-state index in [9.17, 15) is 0 Å². The number of hydrogen-bond donors (Lipinski definition) is 0. The van der Waals surface area contributed by atoms with Gasteiger partial charge in [-0.15, -0.1) is 5.10 Å². The molecule has 2 aromatic carbocycles. The highest BCUT2D eigenvalue weighted by atomic mass is 15.4. The molecule has 30 heavy (non-hydrogen) atoms. The lowest BCUT2D eigenvalue weighted by Gasteiger charge is -2.26. The molecule has 0 radical (unpaired) electrons. The molecule has 0 amide bonds. The molecule has 0 atom stereocenters. The highest BCUT2D eigenvalue weighted by Gasteiger charge is 2.23. The van der Waals surface area contributed by atoms with E-state index in [2.05, 4.69) is 84.6 Å². The summed E-state index contributed by atoms with van der Waals surface area (Å²) >= 11 is 0. The first-order chi connectivity index (χ1) is 14.7. The third-order valence-corrected chi connectivity index (χ3v) is 4.08. The molecule has 4 heteroatoms. The van der Waals surface area contributed by atoms with Crippen LogP contribution in [-0.4, -0.2) is 22.0 Å². The third kappa shape index (κ3) is 6.45. The van der Waals surface area contributed by atoms with Crippen molar-refractivity contribution in [3.63, 3.8) is 0 Å². The number of aromatic nitrogens is 3. The van der Waals surface area contributed by atoms with Gasteiger partial charge < -0.3 is 4.90 Å². The molecule has 0 saturated heterocycles. The van der Waals surface area contributed by atoms with Crippen molar-refractivity contribution in [1.29, 1.82) is 0 Å². The van der Waals surface area contributed by atoms with E-state index in [1.807, 2.05) is 53.3 Å². The van der Waals surface area contributed by atoms with Crippen LogP contribution in [0.4, 0.5) is 5.69 Å². The van der Waals surface area contributed by atoms with Crippen LogP contribution in [0.2, 0.25) is 0 Å². The summed E-state index contributed by atoms with van der Waals surface area (Å²) < 4.78 is 1.87. The van der Waals surface area contributed by atoms with E-state index in [0.29, 0.717) is 0 Å². The Labute approximate surface area is 184 Å². The van der Waals surface area contributed by atoms with Crippen LogP contribution in [0.25, 0.3) is 22.5 Å². The van der Waals surface area contributed by atoms with E-state index in [1.165, 1.54) is 28.8 Å². The van der Waals surface area contributed by atoms with E-state index in [-0.39, 0.29) is 0 Å². The molecule has 4 nitrogen and oxygen atoms in total. The SMILES string of the molecule is CC.CC.CC.CCC.CN1Cc2ccccc2-c2nnn(C)c2-c2ccccc21. The average molecular weight is 411 g/mol. The van der Waals surface area contributed by atoms with Gasteiger partial charge in [0.15, 0.2) is 0 Å². The maximum absolute atomic E-state index is 4.42. The number of anilines is 1. The van der Waals surface area contributed by atoms with Gasteiger partial charge in [0.25, 0.3) is 0 Å². The molecule has 1 aromatic heterocycles. The molecule has 0 bridgehead atoms. The van der Waals surface area contributed by atoms with Gasteiger partial charge in [-0.1, -0.05) is 109 Å². The van der Waals surface area contributed by atoms with Gasteiger partial charge in [-0.2, -0.15) is 0 Å². The lowest BCUT2D eigenvalue weighted by atomic mass is 9.96. The molecule has 3 aromatic rings. The summed E-state index contributed by atoms with van der Waals surface area (Å²) in [7, 11) is 4.08. The number of hydrogen-bond acceptors (Lipinski definition) is 3. The fourth-order valence-electron chi connectivity index (χ4n) is 3.08.